The van der Waals surface area contributed by atoms with Gasteiger partial charge in [0.05, 0.1) is 16.6 Å². The molecule has 0 amide bonds. The molecule has 0 aliphatic heterocycles. The van der Waals surface area contributed by atoms with Crippen molar-refractivity contribution < 1.29 is 0 Å². The van der Waals surface area contributed by atoms with Crippen molar-refractivity contribution in [3.63, 3.8) is 0 Å². The van der Waals surface area contributed by atoms with E-state index in [4.69, 9.17) is 11.6 Å². The maximum absolute atomic E-state index is 12.9. The van der Waals surface area contributed by atoms with Gasteiger partial charge in [-0.3, -0.25) is 9.36 Å². The minimum absolute atomic E-state index is 0.162. The summed E-state index contributed by atoms with van der Waals surface area (Å²) in [6.07, 6.45) is 2.95. The number of rotatable bonds is 1. The van der Waals surface area contributed by atoms with Crippen LogP contribution in [0.2, 0.25) is 5.02 Å². The van der Waals surface area contributed by atoms with Crippen LogP contribution in [0.1, 0.15) is 11.3 Å². The van der Waals surface area contributed by atoms with Crippen LogP contribution in [0, 0.1) is 13.8 Å². The molecule has 4 rings (SSSR count). The van der Waals surface area contributed by atoms with Gasteiger partial charge in [0.1, 0.15) is 6.33 Å². The Balaban J connectivity index is 2.10. The lowest BCUT2D eigenvalue weighted by Crippen LogP contribution is -2.21. The standard InChI is InChI=1S/C16H12ClN5O/c1-9-3-4-11(6-13(9)17)21-10(2)5-14-12(15(21)23)7-18-16-19-8-20-22(14)16/h3-8H,1-2H3. The predicted octanol–water partition coefficient (Wildman–Crippen LogP) is 2.70. The molecule has 7 heteroatoms. The molecule has 3 aromatic heterocycles. The lowest BCUT2D eigenvalue weighted by atomic mass is 10.2. The van der Waals surface area contributed by atoms with Gasteiger partial charge in [-0.05, 0) is 37.6 Å². The zero-order chi connectivity index (χ0) is 16.1. The van der Waals surface area contributed by atoms with Gasteiger partial charge in [0.2, 0.25) is 0 Å². The van der Waals surface area contributed by atoms with E-state index in [0.29, 0.717) is 21.7 Å². The Labute approximate surface area is 136 Å². The number of hydrogen-bond donors (Lipinski definition) is 0. The van der Waals surface area contributed by atoms with Gasteiger partial charge in [0.15, 0.2) is 0 Å². The number of benzene rings is 1. The Morgan fingerprint density at radius 3 is 2.74 bits per heavy atom. The summed E-state index contributed by atoms with van der Waals surface area (Å²) in [5.41, 5.74) is 3.00. The Bertz CT molecular complexity index is 1130. The van der Waals surface area contributed by atoms with Crippen molar-refractivity contribution in [3.8, 4) is 5.69 Å². The van der Waals surface area contributed by atoms with Gasteiger partial charge in [-0.2, -0.15) is 14.6 Å². The minimum Gasteiger partial charge on any atom is -0.281 e. The molecule has 0 atom stereocenters. The lowest BCUT2D eigenvalue weighted by Gasteiger charge is -2.13. The van der Waals surface area contributed by atoms with Crippen molar-refractivity contribution in [3.05, 3.63) is 63.4 Å². The van der Waals surface area contributed by atoms with Crippen LogP contribution < -0.4 is 5.56 Å². The van der Waals surface area contributed by atoms with Crippen LogP contribution in [0.25, 0.3) is 22.4 Å². The third-order valence-corrected chi connectivity index (χ3v) is 4.30. The topological polar surface area (TPSA) is 65.1 Å². The third kappa shape index (κ3) is 2.03. The molecule has 0 N–H and O–H groups in total. The van der Waals surface area contributed by atoms with Gasteiger partial charge in [-0.1, -0.05) is 17.7 Å². The summed E-state index contributed by atoms with van der Waals surface area (Å²) in [7, 11) is 0. The highest BCUT2D eigenvalue weighted by atomic mass is 35.5. The monoisotopic (exact) mass is 325 g/mol. The average molecular weight is 326 g/mol. The van der Waals surface area contributed by atoms with E-state index in [1.165, 1.54) is 12.5 Å². The summed E-state index contributed by atoms with van der Waals surface area (Å²) in [4.78, 5) is 21.2. The minimum atomic E-state index is -0.162. The Morgan fingerprint density at radius 1 is 1.13 bits per heavy atom. The number of halogens is 1. The number of nitrogens with zero attached hydrogens (tertiary/aromatic N) is 5. The SMILES string of the molecule is Cc1ccc(-n2c(C)cc3c(cnc4ncnn43)c2=O)cc1Cl. The first-order valence-electron chi connectivity index (χ1n) is 7.04. The molecule has 4 aromatic rings. The molecule has 6 nitrogen and oxygen atoms in total. The van der Waals surface area contributed by atoms with Crippen molar-refractivity contribution in [2.45, 2.75) is 13.8 Å². The van der Waals surface area contributed by atoms with Crippen molar-refractivity contribution in [2.75, 3.05) is 0 Å². The Kier molecular flexibility index (Phi) is 2.96. The second kappa shape index (κ2) is 4.89. The van der Waals surface area contributed by atoms with E-state index in [9.17, 15) is 4.79 Å². The van der Waals surface area contributed by atoms with E-state index < -0.39 is 0 Å². The smallest absolute Gasteiger partial charge is 0.266 e. The Hall–Kier alpha value is -2.73. The van der Waals surface area contributed by atoms with E-state index in [2.05, 4.69) is 15.1 Å². The predicted molar refractivity (Wildman–Crippen MR) is 88.4 cm³/mol. The zero-order valence-electron chi connectivity index (χ0n) is 12.5. The van der Waals surface area contributed by atoms with Crippen LogP contribution >= 0.6 is 11.6 Å². The normalized spacial score (nSPS) is 11.4. The number of hydrogen-bond acceptors (Lipinski definition) is 4. The average Bonchev–Trinajstić information content (AvgIpc) is 2.99. The van der Waals surface area contributed by atoms with Crippen molar-refractivity contribution in [1.29, 1.82) is 0 Å². The van der Waals surface area contributed by atoms with E-state index in [1.807, 2.05) is 32.0 Å². The van der Waals surface area contributed by atoms with Crippen LogP contribution in [0.5, 0.6) is 0 Å². The molecule has 0 fully saturated rings. The quantitative estimate of drug-likeness (QED) is 0.539. The second-order valence-electron chi connectivity index (χ2n) is 5.39. The lowest BCUT2D eigenvalue weighted by molar-refractivity contribution is 0.926. The molecule has 0 radical (unpaired) electrons. The molecule has 3 heterocycles. The van der Waals surface area contributed by atoms with E-state index >= 15 is 0 Å². The summed E-state index contributed by atoms with van der Waals surface area (Å²) in [6.45, 7) is 3.80. The first-order valence-corrected chi connectivity index (χ1v) is 7.41. The largest absolute Gasteiger partial charge is 0.281 e. The number of fused-ring (bicyclic) bond motifs is 3. The van der Waals surface area contributed by atoms with Crippen molar-refractivity contribution in [1.82, 2.24) is 24.1 Å². The van der Waals surface area contributed by atoms with Gasteiger partial charge in [0.25, 0.3) is 11.3 Å². The Morgan fingerprint density at radius 2 is 1.96 bits per heavy atom. The van der Waals surface area contributed by atoms with Crippen molar-refractivity contribution >= 4 is 28.3 Å². The molecule has 0 saturated carbocycles. The van der Waals surface area contributed by atoms with Crippen LogP contribution in [-0.2, 0) is 0 Å². The molecule has 0 aliphatic carbocycles. The fourth-order valence-corrected chi connectivity index (χ4v) is 2.86. The first kappa shape index (κ1) is 13.9. The van der Waals surface area contributed by atoms with Crippen molar-refractivity contribution in [2.24, 2.45) is 0 Å². The highest BCUT2D eigenvalue weighted by molar-refractivity contribution is 6.31. The van der Waals surface area contributed by atoms with E-state index in [1.54, 1.807) is 15.1 Å². The molecular weight excluding hydrogens is 314 g/mol. The summed E-state index contributed by atoms with van der Waals surface area (Å²) in [5.74, 6) is 0.465. The fraction of sp³-hybridized carbons (Fsp3) is 0.125. The third-order valence-electron chi connectivity index (χ3n) is 3.89. The van der Waals surface area contributed by atoms with E-state index in [-0.39, 0.29) is 5.56 Å². The molecular formula is C16H12ClN5O. The summed E-state index contributed by atoms with van der Waals surface area (Å²) < 4.78 is 3.19. The number of pyridine rings is 1. The number of aryl methyl sites for hydroxylation is 2. The molecule has 0 bridgehead atoms. The molecule has 0 unspecified atom stereocenters. The maximum atomic E-state index is 12.9. The molecule has 114 valence electrons. The van der Waals surface area contributed by atoms with Gasteiger partial charge in [0, 0.05) is 16.9 Å². The zero-order valence-corrected chi connectivity index (χ0v) is 13.2. The van der Waals surface area contributed by atoms with Gasteiger partial charge < -0.3 is 0 Å². The molecule has 1 aromatic carbocycles. The second-order valence-corrected chi connectivity index (χ2v) is 5.80. The van der Waals surface area contributed by atoms with E-state index in [0.717, 1.165) is 16.9 Å². The van der Waals surface area contributed by atoms with Crippen LogP contribution in [0.3, 0.4) is 0 Å². The van der Waals surface area contributed by atoms with Gasteiger partial charge in [-0.15, -0.1) is 0 Å². The van der Waals surface area contributed by atoms with Crippen LogP contribution in [0.4, 0.5) is 0 Å². The summed E-state index contributed by atoms with van der Waals surface area (Å²) in [6, 6.07) is 7.46. The molecule has 0 spiro atoms. The highest BCUT2D eigenvalue weighted by Crippen LogP contribution is 2.21. The maximum Gasteiger partial charge on any atom is 0.266 e. The molecule has 0 aliphatic rings. The van der Waals surface area contributed by atoms with Gasteiger partial charge in [-0.25, -0.2) is 4.98 Å². The molecule has 23 heavy (non-hydrogen) atoms. The van der Waals surface area contributed by atoms with Crippen LogP contribution in [0.15, 0.2) is 41.6 Å². The highest BCUT2D eigenvalue weighted by Gasteiger charge is 2.13. The van der Waals surface area contributed by atoms with Crippen LogP contribution in [-0.4, -0.2) is 24.1 Å². The van der Waals surface area contributed by atoms with Gasteiger partial charge >= 0.3 is 0 Å². The summed E-state index contributed by atoms with van der Waals surface area (Å²) >= 11 is 6.20. The summed E-state index contributed by atoms with van der Waals surface area (Å²) in [5, 5.41) is 5.23. The first-order chi connectivity index (χ1) is 11.1. The molecule has 0 saturated heterocycles. The fourth-order valence-electron chi connectivity index (χ4n) is 2.68. The number of aromatic nitrogens is 5.